The number of para-hydroxylation sites is 1. The van der Waals surface area contributed by atoms with Crippen molar-refractivity contribution in [1.29, 1.82) is 0 Å². The van der Waals surface area contributed by atoms with Gasteiger partial charge in [0.2, 0.25) is 0 Å². The molecule has 1 aromatic heterocycles. The maximum atomic E-state index is 4.47. The van der Waals surface area contributed by atoms with E-state index in [0.29, 0.717) is 5.92 Å². The summed E-state index contributed by atoms with van der Waals surface area (Å²) < 4.78 is 3.36. The second kappa shape index (κ2) is 6.49. The number of hydrogen-bond acceptors (Lipinski definition) is 3. The van der Waals surface area contributed by atoms with Gasteiger partial charge < -0.3 is 0 Å². The van der Waals surface area contributed by atoms with Gasteiger partial charge in [0.25, 0.3) is 0 Å². The monoisotopic (exact) mass is 385 g/mol. The van der Waals surface area contributed by atoms with Crippen LogP contribution in [0.15, 0.2) is 64.2 Å². The van der Waals surface area contributed by atoms with E-state index in [2.05, 4.69) is 73.2 Å². The standard InChI is InChI=1S/C18H16BrN3S/c19-16-9-5-4-6-14(16)12-23-18-21-20-17(13-10-11-13)22(18)15-7-2-1-3-8-15/h1-9,13H,10-12H2. The molecule has 2 aromatic carbocycles. The lowest BCUT2D eigenvalue weighted by Crippen LogP contribution is -2.01. The summed E-state index contributed by atoms with van der Waals surface area (Å²) in [5.74, 6) is 2.54. The second-order valence-corrected chi connectivity index (χ2v) is 7.46. The Bertz CT molecular complexity index is 812. The first-order chi connectivity index (χ1) is 11.3. The zero-order valence-electron chi connectivity index (χ0n) is 12.5. The van der Waals surface area contributed by atoms with Crippen LogP contribution in [-0.4, -0.2) is 14.8 Å². The third kappa shape index (κ3) is 3.21. The first kappa shape index (κ1) is 15.0. The summed E-state index contributed by atoms with van der Waals surface area (Å²) in [5, 5.41) is 9.90. The molecule has 0 N–H and O–H groups in total. The quantitative estimate of drug-likeness (QED) is 0.565. The van der Waals surface area contributed by atoms with Crippen molar-refractivity contribution in [3.05, 3.63) is 70.5 Å². The third-order valence-electron chi connectivity index (χ3n) is 3.93. The number of halogens is 1. The van der Waals surface area contributed by atoms with Crippen molar-refractivity contribution in [2.45, 2.75) is 29.7 Å². The smallest absolute Gasteiger partial charge is 0.196 e. The van der Waals surface area contributed by atoms with Crippen molar-refractivity contribution < 1.29 is 0 Å². The van der Waals surface area contributed by atoms with E-state index in [1.807, 2.05) is 12.1 Å². The lowest BCUT2D eigenvalue weighted by molar-refractivity contribution is 0.829. The van der Waals surface area contributed by atoms with Gasteiger partial charge in [0.15, 0.2) is 5.16 Å². The molecule has 4 rings (SSSR count). The Morgan fingerprint density at radius 3 is 2.48 bits per heavy atom. The zero-order valence-corrected chi connectivity index (χ0v) is 14.9. The van der Waals surface area contributed by atoms with Crippen LogP contribution in [0.3, 0.4) is 0 Å². The van der Waals surface area contributed by atoms with Crippen molar-refractivity contribution in [3.8, 4) is 5.69 Å². The van der Waals surface area contributed by atoms with Gasteiger partial charge in [-0.25, -0.2) is 0 Å². The van der Waals surface area contributed by atoms with E-state index >= 15 is 0 Å². The van der Waals surface area contributed by atoms with Crippen molar-refractivity contribution >= 4 is 27.7 Å². The van der Waals surface area contributed by atoms with Crippen LogP contribution in [-0.2, 0) is 5.75 Å². The summed E-state index contributed by atoms with van der Waals surface area (Å²) in [6.45, 7) is 0. The van der Waals surface area contributed by atoms with Gasteiger partial charge in [-0.2, -0.15) is 0 Å². The van der Waals surface area contributed by atoms with Gasteiger partial charge in [0.1, 0.15) is 5.82 Å². The Labute approximate surface area is 148 Å². The average molecular weight is 386 g/mol. The normalized spacial score (nSPS) is 14.1. The molecule has 3 nitrogen and oxygen atoms in total. The Balaban J connectivity index is 1.65. The molecule has 1 aliphatic rings. The minimum Gasteiger partial charge on any atom is -0.274 e. The molecular weight excluding hydrogens is 370 g/mol. The van der Waals surface area contributed by atoms with E-state index in [1.165, 1.54) is 18.4 Å². The van der Waals surface area contributed by atoms with Crippen molar-refractivity contribution in [1.82, 2.24) is 14.8 Å². The topological polar surface area (TPSA) is 30.7 Å². The maximum Gasteiger partial charge on any atom is 0.196 e. The molecule has 23 heavy (non-hydrogen) atoms. The van der Waals surface area contributed by atoms with Crippen molar-refractivity contribution in [2.24, 2.45) is 0 Å². The predicted octanol–water partition coefficient (Wildman–Crippen LogP) is 5.20. The maximum absolute atomic E-state index is 4.47. The molecule has 0 unspecified atom stereocenters. The summed E-state index contributed by atoms with van der Waals surface area (Å²) in [5.41, 5.74) is 2.42. The number of aromatic nitrogens is 3. The summed E-state index contributed by atoms with van der Waals surface area (Å²) in [6, 6.07) is 18.7. The molecule has 3 aromatic rings. The minimum atomic E-state index is 0.570. The molecular formula is C18H16BrN3S. The predicted molar refractivity (Wildman–Crippen MR) is 97.0 cm³/mol. The molecule has 116 valence electrons. The summed E-state index contributed by atoms with van der Waals surface area (Å²) >= 11 is 5.35. The van der Waals surface area contributed by atoms with E-state index in [0.717, 1.165) is 26.9 Å². The van der Waals surface area contributed by atoms with Crippen LogP contribution in [0.1, 0.15) is 30.1 Å². The van der Waals surface area contributed by atoms with Crippen LogP contribution in [0, 0.1) is 0 Å². The summed E-state index contributed by atoms with van der Waals surface area (Å²) in [7, 11) is 0. The van der Waals surface area contributed by atoms with E-state index < -0.39 is 0 Å². The van der Waals surface area contributed by atoms with Gasteiger partial charge in [0.05, 0.1) is 0 Å². The molecule has 1 heterocycles. The Morgan fingerprint density at radius 1 is 1.00 bits per heavy atom. The van der Waals surface area contributed by atoms with Crippen LogP contribution in [0.25, 0.3) is 5.69 Å². The molecule has 0 spiro atoms. The van der Waals surface area contributed by atoms with Gasteiger partial charge in [0, 0.05) is 21.8 Å². The highest BCUT2D eigenvalue weighted by Crippen LogP contribution is 2.41. The van der Waals surface area contributed by atoms with Crippen LogP contribution < -0.4 is 0 Å². The number of nitrogens with zero attached hydrogens (tertiary/aromatic N) is 3. The van der Waals surface area contributed by atoms with Crippen LogP contribution >= 0.6 is 27.7 Å². The van der Waals surface area contributed by atoms with E-state index in [1.54, 1.807) is 11.8 Å². The molecule has 0 aliphatic heterocycles. The highest BCUT2D eigenvalue weighted by Gasteiger charge is 2.31. The molecule has 0 atom stereocenters. The molecule has 1 fully saturated rings. The Kier molecular flexibility index (Phi) is 4.23. The number of rotatable bonds is 5. The number of benzene rings is 2. The first-order valence-electron chi connectivity index (χ1n) is 7.70. The van der Waals surface area contributed by atoms with Crippen LogP contribution in [0.2, 0.25) is 0 Å². The largest absolute Gasteiger partial charge is 0.274 e. The summed E-state index contributed by atoms with van der Waals surface area (Å²) in [4.78, 5) is 0. The summed E-state index contributed by atoms with van der Waals surface area (Å²) in [6.07, 6.45) is 2.44. The van der Waals surface area contributed by atoms with Gasteiger partial charge in [-0.05, 0) is 36.6 Å². The molecule has 0 bridgehead atoms. The van der Waals surface area contributed by atoms with Crippen LogP contribution in [0.4, 0.5) is 0 Å². The third-order valence-corrected chi connectivity index (χ3v) is 5.68. The fourth-order valence-corrected chi connectivity index (χ4v) is 4.13. The van der Waals surface area contributed by atoms with Gasteiger partial charge in [-0.3, -0.25) is 4.57 Å². The van der Waals surface area contributed by atoms with Gasteiger partial charge in [-0.1, -0.05) is 64.1 Å². The van der Waals surface area contributed by atoms with Crippen molar-refractivity contribution in [2.75, 3.05) is 0 Å². The Morgan fingerprint density at radius 2 is 1.74 bits per heavy atom. The fraction of sp³-hybridized carbons (Fsp3) is 0.222. The number of thioether (sulfide) groups is 1. The van der Waals surface area contributed by atoms with Gasteiger partial charge in [-0.15, -0.1) is 10.2 Å². The lowest BCUT2D eigenvalue weighted by atomic mass is 10.2. The molecule has 5 heteroatoms. The highest BCUT2D eigenvalue weighted by atomic mass is 79.9. The van der Waals surface area contributed by atoms with E-state index in [-0.39, 0.29) is 0 Å². The Hall–Kier alpha value is -1.59. The fourth-order valence-electron chi connectivity index (χ4n) is 2.56. The van der Waals surface area contributed by atoms with Gasteiger partial charge >= 0.3 is 0 Å². The molecule has 0 saturated heterocycles. The first-order valence-corrected chi connectivity index (χ1v) is 9.48. The van der Waals surface area contributed by atoms with Crippen molar-refractivity contribution in [3.63, 3.8) is 0 Å². The minimum absolute atomic E-state index is 0.570. The SMILES string of the molecule is Brc1ccccc1CSc1nnc(C2CC2)n1-c1ccccc1. The number of hydrogen-bond donors (Lipinski definition) is 0. The second-order valence-electron chi connectivity index (χ2n) is 5.67. The lowest BCUT2D eigenvalue weighted by Gasteiger charge is -2.10. The highest BCUT2D eigenvalue weighted by molar-refractivity contribution is 9.10. The zero-order chi connectivity index (χ0) is 15.6. The van der Waals surface area contributed by atoms with E-state index in [9.17, 15) is 0 Å². The average Bonchev–Trinajstić information content (AvgIpc) is 3.35. The molecule has 0 amide bonds. The molecule has 1 aliphatic carbocycles. The van der Waals surface area contributed by atoms with Crippen LogP contribution in [0.5, 0.6) is 0 Å². The molecule has 1 saturated carbocycles. The molecule has 0 radical (unpaired) electrons. The van der Waals surface area contributed by atoms with E-state index in [4.69, 9.17) is 0 Å².